The highest BCUT2D eigenvalue weighted by molar-refractivity contribution is 6.04. The molecule has 7 heteroatoms. The van der Waals surface area contributed by atoms with E-state index in [4.69, 9.17) is 5.73 Å². The van der Waals surface area contributed by atoms with Gasteiger partial charge < -0.3 is 21.4 Å². The fraction of sp³-hybridized carbons (Fsp3) is 0.211. The van der Waals surface area contributed by atoms with Crippen LogP contribution in [0.5, 0.6) is 0 Å². The first-order chi connectivity index (χ1) is 12.6. The molecular weight excluding hydrogens is 330 g/mol. The number of carbonyl (C=O) groups excluding carboxylic acids is 2. The number of rotatable bonds is 4. The number of nitrogens with zero attached hydrogens (tertiary/aromatic N) is 1. The van der Waals surface area contributed by atoms with Gasteiger partial charge >= 0.3 is 0 Å². The van der Waals surface area contributed by atoms with Gasteiger partial charge in [-0.2, -0.15) is 0 Å². The summed E-state index contributed by atoms with van der Waals surface area (Å²) in [4.78, 5) is 31.5. The maximum absolute atomic E-state index is 12.3. The Labute approximate surface area is 150 Å². The van der Waals surface area contributed by atoms with Gasteiger partial charge in [0, 0.05) is 23.7 Å². The summed E-state index contributed by atoms with van der Waals surface area (Å²) in [5, 5.41) is 6.24. The first-order valence-electron chi connectivity index (χ1n) is 8.52. The topological polar surface area (TPSA) is 113 Å². The molecule has 3 aromatic rings. The number of aromatic nitrogens is 2. The van der Waals surface area contributed by atoms with Crippen LogP contribution in [0.15, 0.2) is 42.5 Å². The molecule has 1 aromatic heterocycles. The largest absolute Gasteiger partial charge is 0.366 e. The van der Waals surface area contributed by atoms with Crippen LogP contribution in [0.4, 0.5) is 0 Å². The van der Waals surface area contributed by atoms with Gasteiger partial charge in [0.05, 0.1) is 11.1 Å². The van der Waals surface area contributed by atoms with Crippen molar-refractivity contribution in [1.29, 1.82) is 0 Å². The van der Waals surface area contributed by atoms with E-state index in [1.54, 1.807) is 24.3 Å². The van der Waals surface area contributed by atoms with E-state index in [9.17, 15) is 9.59 Å². The molecule has 1 saturated heterocycles. The number of hydrogen-bond acceptors (Lipinski definition) is 4. The second-order valence-corrected chi connectivity index (χ2v) is 6.39. The number of H-pyrrole nitrogens is 1. The lowest BCUT2D eigenvalue weighted by molar-refractivity contribution is 0.0939. The minimum Gasteiger partial charge on any atom is -0.366 e. The first kappa shape index (κ1) is 16.3. The van der Waals surface area contributed by atoms with Gasteiger partial charge in [0.1, 0.15) is 11.3 Å². The van der Waals surface area contributed by atoms with Crippen molar-refractivity contribution >= 4 is 22.8 Å². The number of carbonyl (C=O) groups is 2. The van der Waals surface area contributed by atoms with Gasteiger partial charge in [-0.15, -0.1) is 0 Å². The Morgan fingerprint density at radius 1 is 1.15 bits per heavy atom. The molecule has 2 heterocycles. The number of benzene rings is 2. The summed E-state index contributed by atoms with van der Waals surface area (Å²) >= 11 is 0. The SMILES string of the molecule is NC(=O)c1cccc2[nH]c(-c3ccc(C(=O)N[C@@H]4CCNC4)cc3)nc12. The number of nitrogens with two attached hydrogens (primary N) is 1. The Kier molecular flexibility index (Phi) is 4.14. The fourth-order valence-electron chi connectivity index (χ4n) is 3.19. The van der Waals surface area contributed by atoms with Crippen LogP contribution in [-0.2, 0) is 0 Å². The van der Waals surface area contributed by atoms with Crippen molar-refractivity contribution in [3.05, 3.63) is 53.6 Å². The molecule has 0 unspecified atom stereocenters. The molecule has 1 fully saturated rings. The Bertz CT molecular complexity index is 971. The summed E-state index contributed by atoms with van der Waals surface area (Å²) < 4.78 is 0. The number of nitrogens with one attached hydrogen (secondary N) is 3. The number of primary amides is 1. The normalized spacial score (nSPS) is 16.7. The van der Waals surface area contributed by atoms with Gasteiger partial charge in [-0.1, -0.05) is 18.2 Å². The molecule has 0 radical (unpaired) electrons. The quantitative estimate of drug-likeness (QED) is 0.570. The van der Waals surface area contributed by atoms with Crippen LogP contribution in [0.2, 0.25) is 0 Å². The molecule has 5 N–H and O–H groups in total. The van der Waals surface area contributed by atoms with E-state index < -0.39 is 5.91 Å². The number of hydrogen-bond donors (Lipinski definition) is 4. The van der Waals surface area contributed by atoms with Gasteiger partial charge in [0.25, 0.3) is 11.8 Å². The molecule has 1 aliphatic rings. The highest BCUT2D eigenvalue weighted by Crippen LogP contribution is 2.23. The third-order valence-electron chi connectivity index (χ3n) is 4.59. The zero-order chi connectivity index (χ0) is 18.1. The average molecular weight is 349 g/mol. The summed E-state index contributed by atoms with van der Waals surface area (Å²) in [5.41, 5.74) is 8.51. The van der Waals surface area contributed by atoms with E-state index in [0.29, 0.717) is 22.5 Å². The monoisotopic (exact) mass is 349 g/mol. The molecule has 1 atom stereocenters. The molecule has 132 valence electrons. The maximum atomic E-state index is 12.3. The van der Waals surface area contributed by atoms with Crippen LogP contribution in [0.1, 0.15) is 27.1 Å². The second kappa shape index (κ2) is 6.61. The summed E-state index contributed by atoms with van der Waals surface area (Å²) in [6.07, 6.45) is 0.949. The summed E-state index contributed by atoms with van der Waals surface area (Å²) in [6.45, 7) is 1.74. The molecule has 26 heavy (non-hydrogen) atoms. The number of aromatic amines is 1. The lowest BCUT2D eigenvalue weighted by atomic mass is 10.1. The fourth-order valence-corrected chi connectivity index (χ4v) is 3.19. The standard InChI is InChI=1S/C19H19N5O2/c20-17(25)14-2-1-3-15-16(14)24-18(23-15)11-4-6-12(7-5-11)19(26)22-13-8-9-21-10-13/h1-7,13,21H,8-10H2,(H2,20,25)(H,22,26)(H,23,24)/t13-/m1/s1. The molecule has 0 spiro atoms. The zero-order valence-electron chi connectivity index (χ0n) is 14.1. The molecular formula is C19H19N5O2. The van der Waals surface area contributed by atoms with Gasteiger partial charge in [0.15, 0.2) is 0 Å². The second-order valence-electron chi connectivity index (χ2n) is 6.39. The number of amides is 2. The summed E-state index contributed by atoms with van der Waals surface area (Å²) in [5.74, 6) is 0.0357. The Balaban J connectivity index is 1.58. The van der Waals surface area contributed by atoms with E-state index in [0.717, 1.165) is 30.6 Å². The van der Waals surface area contributed by atoms with Gasteiger partial charge in [0.2, 0.25) is 0 Å². The summed E-state index contributed by atoms with van der Waals surface area (Å²) in [6, 6.07) is 12.7. The highest BCUT2D eigenvalue weighted by atomic mass is 16.2. The lowest BCUT2D eigenvalue weighted by Gasteiger charge is -2.11. The third-order valence-corrected chi connectivity index (χ3v) is 4.59. The predicted octanol–water partition coefficient (Wildman–Crippen LogP) is 1.42. The lowest BCUT2D eigenvalue weighted by Crippen LogP contribution is -2.36. The Morgan fingerprint density at radius 3 is 2.65 bits per heavy atom. The van der Waals surface area contributed by atoms with Gasteiger partial charge in [-0.3, -0.25) is 9.59 Å². The van der Waals surface area contributed by atoms with Crippen molar-refractivity contribution in [1.82, 2.24) is 20.6 Å². The number of imidazole rings is 1. The van der Waals surface area contributed by atoms with E-state index in [-0.39, 0.29) is 11.9 Å². The predicted molar refractivity (Wildman–Crippen MR) is 98.8 cm³/mol. The van der Waals surface area contributed by atoms with Crippen LogP contribution < -0.4 is 16.4 Å². The van der Waals surface area contributed by atoms with Crippen LogP contribution >= 0.6 is 0 Å². The maximum Gasteiger partial charge on any atom is 0.251 e. The minimum atomic E-state index is -0.512. The summed E-state index contributed by atoms with van der Waals surface area (Å²) in [7, 11) is 0. The molecule has 7 nitrogen and oxygen atoms in total. The third kappa shape index (κ3) is 3.04. The van der Waals surface area contributed by atoms with Crippen molar-refractivity contribution < 1.29 is 9.59 Å². The minimum absolute atomic E-state index is 0.0779. The molecule has 2 amide bonds. The van der Waals surface area contributed by atoms with Crippen LogP contribution in [0.25, 0.3) is 22.4 Å². The molecule has 4 rings (SSSR count). The van der Waals surface area contributed by atoms with Crippen molar-refractivity contribution in [2.24, 2.45) is 5.73 Å². The van der Waals surface area contributed by atoms with Crippen molar-refractivity contribution in [3.63, 3.8) is 0 Å². The van der Waals surface area contributed by atoms with Crippen LogP contribution in [0.3, 0.4) is 0 Å². The Morgan fingerprint density at radius 2 is 1.96 bits per heavy atom. The van der Waals surface area contributed by atoms with E-state index in [1.165, 1.54) is 0 Å². The highest BCUT2D eigenvalue weighted by Gasteiger charge is 2.18. The molecule has 2 aromatic carbocycles. The molecule has 1 aliphatic heterocycles. The van der Waals surface area contributed by atoms with Crippen LogP contribution in [0, 0.1) is 0 Å². The molecule has 0 saturated carbocycles. The number of para-hydroxylation sites is 1. The smallest absolute Gasteiger partial charge is 0.251 e. The van der Waals surface area contributed by atoms with E-state index in [1.807, 2.05) is 18.2 Å². The number of fused-ring (bicyclic) bond motifs is 1. The van der Waals surface area contributed by atoms with Crippen molar-refractivity contribution in [2.45, 2.75) is 12.5 Å². The zero-order valence-corrected chi connectivity index (χ0v) is 14.1. The van der Waals surface area contributed by atoms with Crippen molar-refractivity contribution in [2.75, 3.05) is 13.1 Å². The average Bonchev–Trinajstić information content (AvgIpc) is 3.30. The first-order valence-corrected chi connectivity index (χ1v) is 8.52. The molecule has 0 aliphatic carbocycles. The van der Waals surface area contributed by atoms with Crippen molar-refractivity contribution in [3.8, 4) is 11.4 Å². The van der Waals surface area contributed by atoms with E-state index in [2.05, 4.69) is 20.6 Å². The molecule has 0 bridgehead atoms. The van der Waals surface area contributed by atoms with E-state index >= 15 is 0 Å². The Hall–Kier alpha value is -3.19. The van der Waals surface area contributed by atoms with Gasteiger partial charge in [-0.05, 0) is 37.2 Å². The van der Waals surface area contributed by atoms with Gasteiger partial charge in [-0.25, -0.2) is 4.98 Å². The van der Waals surface area contributed by atoms with Crippen LogP contribution in [-0.4, -0.2) is 40.9 Å².